The van der Waals surface area contributed by atoms with E-state index in [4.69, 9.17) is 14.9 Å². The van der Waals surface area contributed by atoms with Gasteiger partial charge in [-0.25, -0.2) is 0 Å². The Morgan fingerprint density at radius 1 is 1.46 bits per heavy atom. The van der Waals surface area contributed by atoms with Gasteiger partial charge in [0.25, 0.3) is 0 Å². The van der Waals surface area contributed by atoms with E-state index in [1.165, 1.54) is 6.92 Å². The summed E-state index contributed by atoms with van der Waals surface area (Å²) in [4.78, 5) is 0. The summed E-state index contributed by atoms with van der Waals surface area (Å²) in [5, 5.41) is 45.5. The van der Waals surface area contributed by atoms with Gasteiger partial charge in [-0.05, 0) is 6.92 Å². The molecule has 0 saturated carbocycles. The number of hydrogen-bond donors (Lipinski definition) is 5. The lowest BCUT2D eigenvalue weighted by molar-refractivity contribution is -0.226. The SMILES string of the molecule is C[C@]1(O)O[C@H]([C@H](O)CO)[C@H](O)[C@H]1O. The standard InChI is InChI=1S/C7H14O6/c1-7(12)6(11)4(10)5(13-7)3(9)2-8/h3-6,8-12H,2H2,1H3/t3-,4+,5-,6-,7+/m1/s1. The van der Waals surface area contributed by atoms with Crippen molar-refractivity contribution in [2.75, 3.05) is 6.61 Å². The molecule has 1 heterocycles. The van der Waals surface area contributed by atoms with Crippen molar-refractivity contribution in [2.24, 2.45) is 0 Å². The Hall–Kier alpha value is -0.240. The van der Waals surface area contributed by atoms with E-state index >= 15 is 0 Å². The predicted octanol–water partition coefficient (Wildman–Crippen LogP) is -2.83. The van der Waals surface area contributed by atoms with Gasteiger partial charge < -0.3 is 30.3 Å². The van der Waals surface area contributed by atoms with Crippen LogP contribution in [0.15, 0.2) is 0 Å². The molecular formula is C7H14O6. The number of aliphatic hydroxyl groups is 5. The zero-order chi connectivity index (χ0) is 10.2. The summed E-state index contributed by atoms with van der Waals surface area (Å²) in [6, 6.07) is 0. The first-order valence-corrected chi connectivity index (χ1v) is 3.95. The van der Waals surface area contributed by atoms with Crippen LogP contribution < -0.4 is 0 Å². The molecule has 0 aromatic heterocycles. The van der Waals surface area contributed by atoms with Gasteiger partial charge in [-0.3, -0.25) is 0 Å². The summed E-state index contributed by atoms with van der Waals surface area (Å²) in [7, 11) is 0. The van der Waals surface area contributed by atoms with Gasteiger partial charge >= 0.3 is 0 Å². The average Bonchev–Trinajstić information content (AvgIpc) is 2.28. The minimum Gasteiger partial charge on any atom is -0.394 e. The van der Waals surface area contributed by atoms with Gasteiger partial charge in [0.1, 0.15) is 24.4 Å². The van der Waals surface area contributed by atoms with E-state index < -0.39 is 36.8 Å². The van der Waals surface area contributed by atoms with Crippen molar-refractivity contribution >= 4 is 0 Å². The molecule has 0 aliphatic carbocycles. The summed E-state index contributed by atoms with van der Waals surface area (Å²) in [6.45, 7) is 0.565. The molecule has 13 heavy (non-hydrogen) atoms. The van der Waals surface area contributed by atoms with Crippen LogP contribution in [0.3, 0.4) is 0 Å². The first-order valence-electron chi connectivity index (χ1n) is 3.95. The molecule has 5 atom stereocenters. The molecule has 1 rings (SSSR count). The summed E-state index contributed by atoms with van der Waals surface area (Å²) in [5.41, 5.74) is 0. The van der Waals surface area contributed by atoms with Crippen LogP contribution >= 0.6 is 0 Å². The Morgan fingerprint density at radius 2 is 2.00 bits per heavy atom. The van der Waals surface area contributed by atoms with Crippen LogP contribution in [0.25, 0.3) is 0 Å². The first kappa shape index (κ1) is 10.8. The van der Waals surface area contributed by atoms with Gasteiger partial charge in [0.05, 0.1) is 6.61 Å². The lowest BCUT2D eigenvalue weighted by atomic mass is 10.0. The lowest BCUT2D eigenvalue weighted by Crippen LogP contribution is -2.41. The second-order valence-electron chi connectivity index (χ2n) is 3.32. The van der Waals surface area contributed by atoms with Crippen molar-refractivity contribution in [3.63, 3.8) is 0 Å². The number of hydrogen-bond acceptors (Lipinski definition) is 6. The molecular weight excluding hydrogens is 180 g/mol. The Kier molecular flexibility index (Phi) is 2.91. The highest BCUT2D eigenvalue weighted by Crippen LogP contribution is 2.30. The Bertz CT molecular complexity index is 182. The molecule has 0 amide bonds. The van der Waals surface area contributed by atoms with Crippen molar-refractivity contribution in [3.05, 3.63) is 0 Å². The van der Waals surface area contributed by atoms with E-state index in [1.54, 1.807) is 0 Å². The minimum absolute atomic E-state index is 0.607. The molecule has 1 aliphatic rings. The summed E-state index contributed by atoms with van der Waals surface area (Å²) in [6.07, 6.45) is -5.38. The van der Waals surface area contributed by atoms with Gasteiger partial charge in [0, 0.05) is 0 Å². The van der Waals surface area contributed by atoms with Crippen LogP contribution in [-0.2, 0) is 4.74 Å². The quantitative estimate of drug-likeness (QED) is 0.324. The molecule has 5 N–H and O–H groups in total. The molecule has 1 fully saturated rings. The zero-order valence-electron chi connectivity index (χ0n) is 7.16. The molecule has 0 bridgehead atoms. The Balaban J connectivity index is 2.72. The highest BCUT2D eigenvalue weighted by molar-refractivity contribution is 4.95. The minimum atomic E-state index is -1.89. The maximum atomic E-state index is 9.32. The van der Waals surface area contributed by atoms with Gasteiger partial charge in [0.15, 0.2) is 5.79 Å². The Labute approximate surface area is 75.0 Å². The fraction of sp³-hybridized carbons (Fsp3) is 1.00. The maximum Gasteiger partial charge on any atom is 0.192 e. The molecule has 6 nitrogen and oxygen atoms in total. The van der Waals surface area contributed by atoms with Gasteiger partial charge in [0.2, 0.25) is 0 Å². The summed E-state index contributed by atoms with van der Waals surface area (Å²) < 4.78 is 4.77. The second kappa shape index (κ2) is 3.49. The fourth-order valence-corrected chi connectivity index (χ4v) is 1.32. The van der Waals surface area contributed by atoms with Crippen LogP contribution in [0.1, 0.15) is 6.92 Å². The fourth-order valence-electron chi connectivity index (χ4n) is 1.32. The number of rotatable bonds is 2. The topological polar surface area (TPSA) is 110 Å². The molecule has 0 unspecified atom stereocenters. The number of ether oxygens (including phenoxy) is 1. The van der Waals surface area contributed by atoms with Crippen molar-refractivity contribution < 1.29 is 30.3 Å². The third kappa shape index (κ3) is 1.83. The summed E-state index contributed by atoms with van der Waals surface area (Å²) >= 11 is 0. The number of aliphatic hydroxyl groups excluding tert-OH is 4. The van der Waals surface area contributed by atoms with E-state index in [-0.39, 0.29) is 0 Å². The third-order valence-electron chi connectivity index (χ3n) is 2.15. The van der Waals surface area contributed by atoms with Crippen LogP contribution in [-0.4, -0.2) is 62.3 Å². The highest BCUT2D eigenvalue weighted by atomic mass is 16.7. The third-order valence-corrected chi connectivity index (χ3v) is 2.15. The molecule has 0 aromatic carbocycles. The van der Waals surface area contributed by atoms with E-state index in [2.05, 4.69) is 0 Å². The lowest BCUT2D eigenvalue weighted by Gasteiger charge is -2.20. The molecule has 78 valence electrons. The molecule has 6 heteroatoms. The monoisotopic (exact) mass is 194 g/mol. The molecule has 0 aromatic rings. The van der Waals surface area contributed by atoms with Gasteiger partial charge in [-0.15, -0.1) is 0 Å². The van der Waals surface area contributed by atoms with Crippen molar-refractivity contribution in [1.29, 1.82) is 0 Å². The van der Waals surface area contributed by atoms with Crippen LogP contribution in [0.2, 0.25) is 0 Å². The smallest absolute Gasteiger partial charge is 0.192 e. The molecule has 1 saturated heterocycles. The van der Waals surface area contributed by atoms with Crippen LogP contribution in [0.4, 0.5) is 0 Å². The van der Waals surface area contributed by atoms with E-state index in [0.29, 0.717) is 0 Å². The molecule has 0 spiro atoms. The van der Waals surface area contributed by atoms with Crippen molar-refractivity contribution in [1.82, 2.24) is 0 Å². The van der Waals surface area contributed by atoms with E-state index in [1.807, 2.05) is 0 Å². The zero-order valence-corrected chi connectivity index (χ0v) is 7.16. The predicted molar refractivity (Wildman–Crippen MR) is 40.6 cm³/mol. The van der Waals surface area contributed by atoms with Gasteiger partial charge in [-0.1, -0.05) is 0 Å². The van der Waals surface area contributed by atoms with Crippen molar-refractivity contribution in [2.45, 2.75) is 37.1 Å². The highest BCUT2D eigenvalue weighted by Gasteiger charge is 2.52. The van der Waals surface area contributed by atoms with E-state index in [9.17, 15) is 15.3 Å². The van der Waals surface area contributed by atoms with Crippen LogP contribution in [0, 0.1) is 0 Å². The second-order valence-corrected chi connectivity index (χ2v) is 3.32. The van der Waals surface area contributed by atoms with E-state index in [0.717, 1.165) is 0 Å². The maximum absolute atomic E-state index is 9.32. The van der Waals surface area contributed by atoms with Crippen molar-refractivity contribution in [3.8, 4) is 0 Å². The normalized spacial score (nSPS) is 48.0. The average molecular weight is 194 g/mol. The van der Waals surface area contributed by atoms with Gasteiger partial charge in [-0.2, -0.15) is 0 Å². The molecule has 1 aliphatic heterocycles. The molecule has 0 radical (unpaired) electrons. The van der Waals surface area contributed by atoms with Crippen LogP contribution in [0.5, 0.6) is 0 Å². The largest absolute Gasteiger partial charge is 0.394 e. The first-order chi connectivity index (χ1) is 5.90. The summed E-state index contributed by atoms with van der Waals surface area (Å²) in [5.74, 6) is -1.89. The Morgan fingerprint density at radius 3 is 2.31 bits per heavy atom.